The number of phosphoric ester groups is 1. The number of carbonyl (C=O) groups is 2. The lowest BCUT2D eigenvalue weighted by Gasteiger charge is -2.19. The van der Waals surface area contributed by atoms with E-state index in [1.165, 1.54) is 148 Å². The number of carbonyl (C=O) groups excluding carboxylic acids is 2. The Kier molecular flexibility index (Phi) is 71.1. The minimum Gasteiger partial charge on any atom is -0.462 e. The van der Waals surface area contributed by atoms with Crippen LogP contribution in [0.4, 0.5) is 0 Å². The van der Waals surface area contributed by atoms with Crippen LogP contribution in [-0.2, 0) is 32.7 Å². The fraction of sp³-hybridized carbons (Fsp3) is 0.654. The fourth-order valence-electron chi connectivity index (χ4n) is 9.97. The van der Waals surface area contributed by atoms with Crippen LogP contribution in [0.3, 0.4) is 0 Å². The van der Waals surface area contributed by atoms with Gasteiger partial charge in [-0.2, -0.15) is 0 Å². The molecule has 0 aliphatic rings. The van der Waals surface area contributed by atoms with E-state index in [1.54, 1.807) is 0 Å². The number of rotatable bonds is 68. The molecule has 0 radical (unpaired) electrons. The summed E-state index contributed by atoms with van der Waals surface area (Å²) in [4.78, 5) is 35.4. The van der Waals surface area contributed by atoms with Gasteiger partial charge in [0.25, 0.3) is 0 Å². The summed E-state index contributed by atoms with van der Waals surface area (Å²) in [5, 5.41) is 0. The maximum atomic E-state index is 12.8. The Labute approximate surface area is 559 Å². The molecule has 0 rings (SSSR count). The maximum Gasteiger partial charge on any atom is 0.472 e. The molecule has 3 N–H and O–H groups in total. The van der Waals surface area contributed by atoms with Gasteiger partial charge in [0.1, 0.15) is 6.61 Å². The van der Waals surface area contributed by atoms with Crippen molar-refractivity contribution in [3.63, 3.8) is 0 Å². The largest absolute Gasteiger partial charge is 0.472 e. The summed E-state index contributed by atoms with van der Waals surface area (Å²) in [6, 6.07) is 0. The van der Waals surface area contributed by atoms with Crippen molar-refractivity contribution in [2.75, 3.05) is 26.4 Å². The van der Waals surface area contributed by atoms with E-state index in [-0.39, 0.29) is 38.6 Å². The van der Waals surface area contributed by atoms with E-state index in [9.17, 15) is 19.0 Å². The molecule has 0 bridgehead atoms. The SMILES string of the molecule is CC/C=C\C/C=C\C/C=C\C/C=C\C/C=C\C/C=C\C/C=C\C/C=C\C/C=C\C/C=C\C/C=C\CCCCCCCCCC(=O)OC(COC(=O)CCCCCCCCCCCCCCCCCCC/C=C\C/C=C\CCCCCCC)COP(=O)(O)OCCN. The quantitative estimate of drug-likeness (QED) is 0.0264. The summed E-state index contributed by atoms with van der Waals surface area (Å²) in [6.07, 6.45) is 109. The van der Waals surface area contributed by atoms with E-state index >= 15 is 0 Å². The van der Waals surface area contributed by atoms with Gasteiger partial charge in [-0.1, -0.05) is 326 Å². The van der Waals surface area contributed by atoms with Crippen LogP contribution in [-0.4, -0.2) is 49.3 Å². The molecule has 0 amide bonds. The van der Waals surface area contributed by atoms with E-state index < -0.39 is 26.5 Å². The van der Waals surface area contributed by atoms with Gasteiger partial charge in [0.05, 0.1) is 13.2 Å². The molecule has 9 nitrogen and oxygen atoms in total. The minimum absolute atomic E-state index is 0.0451. The Morgan fingerprint density at radius 2 is 0.604 bits per heavy atom. The van der Waals surface area contributed by atoms with Crippen LogP contribution >= 0.6 is 7.82 Å². The normalized spacial score (nSPS) is 13.8. The molecule has 518 valence electrons. The van der Waals surface area contributed by atoms with Crippen LogP contribution in [0.15, 0.2) is 158 Å². The van der Waals surface area contributed by atoms with Crippen molar-refractivity contribution in [1.82, 2.24) is 0 Å². The number of hydrogen-bond donors (Lipinski definition) is 2. The number of phosphoric acid groups is 1. The lowest BCUT2D eigenvalue weighted by atomic mass is 10.0. The molecular formula is C81H136NO8P. The number of unbranched alkanes of at least 4 members (excludes halogenated alkanes) is 29. The van der Waals surface area contributed by atoms with Gasteiger partial charge >= 0.3 is 19.8 Å². The molecule has 91 heavy (non-hydrogen) atoms. The van der Waals surface area contributed by atoms with Crippen molar-refractivity contribution < 1.29 is 37.6 Å². The average molecular weight is 1280 g/mol. The van der Waals surface area contributed by atoms with E-state index in [1.807, 2.05) is 0 Å². The van der Waals surface area contributed by atoms with Gasteiger partial charge < -0.3 is 20.1 Å². The standard InChI is InChI=1S/C81H136NO8P/c1-3-5-7-9-11-13-15-17-19-21-23-25-27-29-31-33-34-35-36-37-38-39-40-41-42-43-44-46-48-50-52-54-56-58-60-62-64-66-68-70-72-74-81(84)90-79(78-89-91(85,86)88-76-75-82)77-87-80(83)73-71-69-67-65-63-61-59-57-55-53-51-49-47-45-32-30-28-26-24-22-20-18-16-14-12-10-8-6-4-2/h5,7,11,13,16-19,22-25,29,31,34-35,37-38,40-41,43-44,48,50,54,56,79H,3-4,6,8-10,12,14-15,20-21,26-28,30,32-33,36,39,42,45-47,49,51-53,55,57-78,82H2,1-2H3,(H,85,86)/b7-5-,13-11-,18-16-,19-17-,24-22-,25-23-,31-29-,35-34-,38-37-,41-40-,44-43-,50-48-,56-54-. The second-order valence-corrected chi connectivity index (χ2v) is 25.5. The van der Waals surface area contributed by atoms with Crippen LogP contribution in [0.25, 0.3) is 0 Å². The molecule has 10 heteroatoms. The second-order valence-electron chi connectivity index (χ2n) is 24.1. The predicted molar refractivity (Wildman–Crippen MR) is 394 cm³/mol. The lowest BCUT2D eigenvalue weighted by molar-refractivity contribution is -0.161. The summed E-state index contributed by atoms with van der Waals surface area (Å²) < 4.78 is 33.2. The molecule has 0 saturated heterocycles. The van der Waals surface area contributed by atoms with Crippen LogP contribution in [0.2, 0.25) is 0 Å². The average Bonchev–Trinajstić information content (AvgIpc) is 3.74. The van der Waals surface area contributed by atoms with Gasteiger partial charge in [0.15, 0.2) is 6.10 Å². The summed E-state index contributed by atoms with van der Waals surface area (Å²) in [5.74, 6) is -0.841. The molecular weight excluding hydrogens is 1150 g/mol. The zero-order valence-corrected chi connectivity index (χ0v) is 59.2. The molecule has 0 aliphatic carbocycles. The van der Waals surface area contributed by atoms with Crippen LogP contribution in [0, 0.1) is 0 Å². The topological polar surface area (TPSA) is 134 Å². The third kappa shape index (κ3) is 74.5. The second kappa shape index (κ2) is 74.7. The molecule has 2 unspecified atom stereocenters. The lowest BCUT2D eigenvalue weighted by Crippen LogP contribution is -2.29. The smallest absolute Gasteiger partial charge is 0.462 e. The third-order valence-corrected chi connectivity index (χ3v) is 16.4. The Morgan fingerprint density at radius 3 is 0.901 bits per heavy atom. The van der Waals surface area contributed by atoms with Gasteiger partial charge in [-0.25, -0.2) is 4.57 Å². The Balaban J connectivity index is 3.95. The van der Waals surface area contributed by atoms with E-state index in [0.717, 1.165) is 128 Å². The predicted octanol–water partition coefficient (Wildman–Crippen LogP) is 24.7. The molecule has 2 atom stereocenters. The van der Waals surface area contributed by atoms with E-state index in [2.05, 4.69) is 172 Å². The first-order valence-corrected chi connectivity index (χ1v) is 38.5. The fourth-order valence-corrected chi connectivity index (χ4v) is 10.7. The molecule has 0 saturated carbocycles. The number of hydrogen-bond acceptors (Lipinski definition) is 8. The van der Waals surface area contributed by atoms with Crippen molar-refractivity contribution in [2.45, 2.75) is 315 Å². The zero-order chi connectivity index (χ0) is 65.8. The molecule has 0 heterocycles. The third-order valence-electron chi connectivity index (χ3n) is 15.4. The first-order valence-electron chi connectivity index (χ1n) is 37.0. The molecule has 0 aromatic heterocycles. The molecule has 0 aliphatic heterocycles. The summed E-state index contributed by atoms with van der Waals surface area (Å²) in [5.41, 5.74) is 5.40. The highest BCUT2D eigenvalue weighted by Crippen LogP contribution is 2.43. The molecule has 0 spiro atoms. The summed E-state index contributed by atoms with van der Waals surface area (Å²) >= 11 is 0. The first-order chi connectivity index (χ1) is 44.8. The van der Waals surface area contributed by atoms with Crippen molar-refractivity contribution >= 4 is 19.8 Å². The zero-order valence-electron chi connectivity index (χ0n) is 58.3. The number of nitrogens with two attached hydrogens (primary N) is 1. The Hall–Kier alpha value is -4.37. The van der Waals surface area contributed by atoms with Crippen molar-refractivity contribution in [2.24, 2.45) is 5.73 Å². The van der Waals surface area contributed by atoms with Crippen molar-refractivity contribution in [1.29, 1.82) is 0 Å². The van der Waals surface area contributed by atoms with Gasteiger partial charge in [-0.15, -0.1) is 0 Å². The highest BCUT2D eigenvalue weighted by atomic mass is 31.2. The Bertz CT molecular complexity index is 2050. The Morgan fingerprint density at radius 1 is 0.341 bits per heavy atom. The number of esters is 2. The minimum atomic E-state index is -4.41. The summed E-state index contributed by atoms with van der Waals surface area (Å²) in [7, 11) is -4.41. The van der Waals surface area contributed by atoms with E-state index in [4.69, 9.17) is 24.3 Å². The van der Waals surface area contributed by atoms with Gasteiger partial charge in [0.2, 0.25) is 0 Å². The van der Waals surface area contributed by atoms with Crippen LogP contribution < -0.4 is 5.73 Å². The van der Waals surface area contributed by atoms with Gasteiger partial charge in [0, 0.05) is 19.4 Å². The van der Waals surface area contributed by atoms with Crippen LogP contribution in [0.5, 0.6) is 0 Å². The highest BCUT2D eigenvalue weighted by Gasteiger charge is 2.26. The van der Waals surface area contributed by atoms with Crippen molar-refractivity contribution in [3.8, 4) is 0 Å². The number of ether oxygens (including phenoxy) is 2. The monoisotopic (exact) mass is 1280 g/mol. The van der Waals surface area contributed by atoms with Gasteiger partial charge in [-0.05, 0) is 128 Å². The first kappa shape index (κ1) is 86.6. The maximum absolute atomic E-state index is 12.8. The molecule has 0 aromatic carbocycles. The highest BCUT2D eigenvalue weighted by molar-refractivity contribution is 7.47. The summed E-state index contributed by atoms with van der Waals surface area (Å²) in [6.45, 7) is 3.62. The molecule has 0 fully saturated rings. The number of allylic oxidation sites excluding steroid dienone is 26. The van der Waals surface area contributed by atoms with Crippen molar-refractivity contribution in [3.05, 3.63) is 158 Å². The van der Waals surface area contributed by atoms with Gasteiger partial charge in [-0.3, -0.25) is 18.6 Å². The van der Waals surface area contributed by atoms with E-state index in [0.29, 0.717) is 6.42 Å². The van der Waals surface area contributed by atoms with Crippen LogP contribution in [0.1, 0.15) is 309 Å². The molecule has 0 aromatic rings.